The normalized spacial score (nSPS) is 25.7. The second-order valence-electron chi connectivity index (χ2n) is 15.3. The Bertz CT molecular complexity index is 2550. The number of fused-ring (bicyclic) bond motifs is 8. The van der Waals surface area contributed by atoms with E-state index in [-0.39, 0.29) is 0 Å². The van der Waals surface area contributed by atoms with Gasteiger partial charge < -0.3 is 15.2 Å². The Morgan fingerprint density at radius 3 is 2.20 bits per heavy atom. The summed E-state index contributed by atoms with van der Waals surface area (Å²) in [6.07, 6.45) is 16.2. The molecule has 3 heterocycles. The first-order valence-corrected chi connectivity index (χ1v) is 18.4. The van der Waals surface area contributed by atoms with E-state index < -0.39 is 5.41 Å². The Kier molecular flexibility index (Phi) is 5.23. The molecule has 1 spiro atoms. The number of rotatable bonds is 4. The van der Waals surface area contributed by atoms with E-state index in [1.807, 2.05) is 0 Å². The number of benzene rings is 5. The van der Waals surface area contributed by atoms with Gasteiger partial charge in [-0.1, -0.05) is 91.0 Å². The number of aromatic nitrogens is 1. The summed E-state index contributed by atoms with van der Waals surface area (Å²) in [4.78, 5) is 0. The number of dihydropyridines is 2. The van der Waals surface area contributed by atoms with Crippen LogP contribution in [-0.2, 0) is 11.8 Å². The van der Waals surface area contributed by atoms with Crippen molar-refractivity contribution in [2.24, 2.45) is 11.3 Å². The average Bonchev–Trinajstić information content (AvgIpc) is 4.02. The maximum atomic E-state index is 3.42. The fourth-order valence-corrected chi connectivity index (χ4v) is 11.2. The molecule has 0 saturated heterocycles. The Morgan fingerprint density at radius 1 is 0.640 bits per heavy atom. The summed E-state index contributed by atoms with van der Waals surface area (Å²) in [6, 6.07) is 42.0. The first-order chi connectivity index (χ1) is 24.8. The van der Waals surface area contributed by atoms with E-state index in [9.17, 15) is 0 Å². The van der Waals surface area contributed by atoms with Crippen molar-refractivity contribution in [2.75, 3.05) is 13.1 Å². The van der Waals surface area contributed by atoms with Crippen molar-refractivity contribution < 1.29 is 0 Å². The van der Waals surface area contributed by atoms with E-state index in [1.54, 1.807) is 16.7 Å². The van der Waals surface area contributed by atoms with Gasteiger partial charge in [0.25, 0.3) is 0 Å². The summed E-state index contributed by atoms with van der Waals surface area (Å²) in [5.41, 5.74) is 16.7. The molecule has 240 valence electrons. The van der Waals surface area contributed by atoms with Crippen molar-refractivity contribution >= 4 is 21.8 Å². The highest BCUT2D eigenvalue weighted by atomic mass is 15.0. The molecule has 0 radical (unpaired) electrons. The van der Waals surface area contributed by atoms with Gasteiger partial charge in [0.05, 0.1) is 16.4 Å². The Balaban J connectivity index is 1.09. The van der Waals surface area contributed by atoms with E-state index in [1.165, 1.54) is 73.7 Å². The van der Waals surface area contributed by atoms with Crippen LogP contribution in [0.5, 0.6) is 0 Å². The molecular weight excluding hydrogens is 607 g/mol. The quantitative estimate of drug-likeness (QED) is 0.200. The zero-order valence-corrected chi connectivity index (χ0v) is 27.9. The topological polar surface area (TPSA) is 29.0 Å². The van der Waals surface area contributed by atoms with Crippen LogP contribution in [-0.4, -0.2) is 17.7 Å². The van der Waals surface area contributed by atoms with Crippen LogP contribution in [0.3, 0.4) is 0 Å². The lowest BCUT2D eigenvalue weighted by atomic mass is 9.65. The molecule has 4 aliphatic carbocycles. The summed E-state index contributed by atoms with van der Waals surface area (Å²) in [7, 11) is 0. The van der Waals surface area contributed by atoms with Crippen molar-refractivity contribution in [1.82, 2.24) is 15.2 Å². The number of allylic oxidation sites excluding steroid dienone is 4. The predicted molar refractivity (Wildman–Crippen MR) is 204 cm³/mol. The molecular formula is C47H37N3. The lowest BCUT2D eigenvalue weighted by Crippen LogP contribution is -2.33. The standard InChI is InChI=1S/C47H37N3/c1-2-8-29(9-3-1)45-41-24-30-14-15-33(25-36(30)42-28-46(41,42)45)50-43-13-7-5-11-35(43)38-26-37-34-10-4-6-12-39(34)47(40(37)27-44(38)50,31-16-20-48-21-17-31)32-18-22-49-23-19-32/h1-20,22,25-27,41-42,45,48-49H,21,23-24,28H2/t41?,42-,45?,46?/m1/s1. The number of hydrogen-bond donors (Lipinski definition) is 2. The van der Waals surface area contributed by atoms with Crippen LogP contribution in [0.1, 0.15) is 46.1 Å². The summed E-state index contributed by atoms with van der Waals surface area (Å²) in [5, 5.41) is 9.48. The minimum absolute atomic E-state index is 0.401. The van der Waals surface area contributed by atoms with Crippen molar-refractivity contribution in [3.63, 3.8) is 0 Å². The van der Waals surface area contributed by atoms with Gasteiger partial charge in [0.2, 0.25) is 0 Å². The molecule has 2 N–H and O–H groups in total. The van der Waals surface area contributed by atoms with E-state index in [0.29, 0.717) is 17.3 Å². The van der Waals surface area contributed by atoms with Crippen molar-refractivity contribution in [3.05, 3.63) is 185 Å². The molecule has 5 aromatic carbocycles. The van der Waals surface area contributed by atoms with Crippen LogP contribution in [0.15, 0.2) is 157 Å². The van der Waals surface area contributed by atoms with E-state index >= 15 is 0 Å². The molecule has 3 nitrogen and oxygen atoms in total. The maximum Gasteiger partial charge on any atom is 0.0710 e. The van der Waals surface area contributed by atoms with Gasteiger partial charge in [-0.3, -0.25) is 0 Å². The van der Waals surface area contributed by atoms with E-state index in [4.69, 9.17) is 0 Å². The second kappa shape index (κ2) is 9.57. The highest BCUT2D eigenvalue weighted by Crippen LogP contribution is 2.88. The van der Waals surface area contributed by atoms with Gasteiger partial charge >= 0.3 is 0 Å². The van der Waals surface area contributed by atoms with Crippen LogP contribution in [0.25, 0.3) is 38.6 Å². The largest absolute Gasteiger partial charge is 0.387 e. The monoisotopic (exact) mass is 643 g/mol. The van der Waals surface area contributed by atoms with E-state index in [2.05, 4.69) is 161 Å². The molecule has 2 aliphatic heterocycles. The first-order valence-electron chi connectivity index (χ1n) is 18.4. The average molecular weight is 644 g/mol. The molecule has 12 rings (SSSR count). The van der Waals surface area contributed by atoms with Gasteiger partial charge in [0.15, 0.2) is 0 Å². The number of nitrogens with zero attached hydrogens (tertiary/aromatic N) is 1. The molecule has 0 bridgehead atoms. The van der Waals surface area contributed by atoms with Crippen LogP contribution in [0.2, 0.25) is 0 Å². The summed E-state index contributed by atoms with van der Waals surface area (Å²) in [6.45, 7) is 1.65. The van der Waals surface area contributed by atoms with Crippen LogP contribution < -0.4 is 10.6 Å². The summed E-state index contributed by atoms with van der Waals surface area (Å²) in [5.74, 6) is 2.19. The van der Waals surface area contributed by atoms with Gasteiger partial charge in [-0.15, -0.1) is 0 Å². The smallest absolute Gasteiger partial charge is 0.0710 e. The zero-order valence-electron chi connectivity index (χ0n) is 27.9. The summed E-state index contributed by atoms with van der Waals surface area (Å²) >= 11 is 0. The van der Waals surface area contributed by atoms with Gasteiger partial charge in [-0.05, 0) is 141 Å². The molecule has 3 heteroatoms. The van der Waals surface area contributed by atoms with E-state index in [0.717, 1.165) is 19.0 Å². The van der Waals surface area contributed by atoms with Gasteiger partial charge in [-0.2, -0.15) is 0 Å². The highest BCUT2D eigenvalue weighted by molar-refractivity contribution is 6.12. The maximum absolute atomic E-state index is 3.42. The van der Waals surface area contributed by atoms with Crippen LogP contribution in [0.4, 0.5) is 0 Å². The minimum Gasteiger partial charge on any atom is -0.387 e. The first kappa shape index (κ1) is 27.3. The molecule has 0 amide bonds. The van der Waals surface area contributed by atoms with Crippen LogP contribution >= 0.6 is 0 Å². The molecule has 1 aromatic heterocycles. The number of nitrogens with one attached hydrogen (secondary N) is 2. The Hall–Kier alpha value is -5.54. The van der Waals surface area contributed by atoms with Gasteiger partial charge in [0, 0.05) is 29.5 Å². The fraction of sp³-hybridized carbons (Fsp3) is 0.191. The lowest BCUT2D eigenvalue weighted by molar-refractivity contribution is 0.646. The third-order valence-corrected chi connectivity index (χ3v) is 13.3. The second-order valence-corrected chi connectivity index (χ2v) is 15.3. The Morgan fingerprint density at radius 2 is 1.40 bits per heavy atom. The molecule has 6 aromatic rings. The number of hydrogen-bond acceptors (Lipinski definition) is 2. The highest BCUT2D eigenvalue weighted by Gasteiger charge is 2.79. The molecule has 4 atom stereocenters. The van der Waals surface area contributed by atoms with Crippen molar-refractivity contribution in [1.29, 1.82) is 0 Å². The molecule has 50 heavy (non-hydrogen) atoms. The van der Waals surface area contributed by atoms with Crippen molar-refractivity contribution in [3.8, 4) is 16.8 Å². The third kappa shape index (κ3) is 3.31. The minimum atomic E-state index is -0.401. The Labute approximate surface area is 292 Å². The molecule has 6 aliphatic rings. The molecule has 2 saturated carbocycles. The van der Waals surface area contributed by atoms with Crippen molar-refractivity contribution in [2.45, 2.75) is 30.1 Å². The van der Waals surface area contributed by atoms with Gasteiger partial charge in [0.1, 0.15) is 0 Å². The van der Waals surface area contributed by atoms with Gasteiger partial charge in [-0.25, -0.2) is 0 Å². The summed E-state index contributed by atoms with van der Waals surface area (Å²) < 4.78 is 2.57. The lowest BCUT2D eigenvalue weighted by Gasteiger charge is -2.37. The molecule has 2 fully saturated rings. The molecule has 3 unspecified atom stereocenters. The fourth-order valence-electron chi connectivity index (χ4n) is 11.2. The predicted octanol–water partition coefficient (Wildman–Crippen LogP) is 9.58. The number of para-hydroxylation sites is 1. The van der Waals surface area contributed by atoms with Crippen LogP contribution in [0, 0.1) is 11.3 Å². The zero-order chi connectivity index (χ0) is 32.6. The third-order valence-electron chi connectivity index (χ3n) is 13.3. The SMILES string of the molecule is C1=CC(C2(C3=CCNC=C3)c3ccccc3-c3cc4c5ccccc5n(-c5ccc6c(c5)[C@H]5CC57C(C6)C7c5ccccc5)c4cc32)=CCN1.